The van der Waals surface area contributed by atoms with Gasteiger partial charge in [0.2, 0.25) is 5.89 Å². The highest BCUT2D eigenvalue weighted by Crippen LogP contribution is 2.26. The smallest absolute Gasteiger partial charge is 0.255 e. The summed E-state index contributed by atoms with van der Waals surface area (Å²) in [6.07, 6.45) is 1.20. The molecule has 0 spiro atoms. The van der Waals surface area contributed by atoms with Gasteiger partial charge in [-0.3, -0.25) is 14.1 Å². The van der Waals surface area contributed by atoms with E-state index in [2.05, 4.69) is 22.1 Å². The second kappa shape index (κ2) is 7.09. The molecule has 5 rings (SSSR count). The van der Waals surface area contributed by atoms with Gasteiger partial charge in [-0.1, -0.05) is 6.07 Å². The number of oxazole rings is 1. The summed E-state index contributed by atoms with van der Waals surface area (Å²) < 4.78 is 20.7. The van der Waals surface area contributed by atoms with Crippen molar-refractivity contribution in [2.45, 2.75) is 19.5 Å². The largest absolute Gasteiger partial charge is 0.439 e. The van der Waals surface area contributed by atoms with E-state index >= 15 is 0 Å². The van der Waals surface area contributed by atoms with Gasteiger partial charge in [-0.25, -0.2) is 9.37 Å². The van der Waals surface area contributed by atoms with E-state index in [0.717, 1.165) is 36.3 Å². The quantitative estimate of drug-likeness (QED) is 0.581. The maximum Gasteiger partial charge on any atom is 0.255 e. The Bertz CT molecular complexity index is 1260. The molecule has 6 nitrogen and oxygen atoms in total. The van der Waals surface area contributed by atoms with E-state index in [-0.39, 0.29) is 5.56 Å². The van der Waals surface area contributed by atoms with E-state index in [4.69, 9.17) is 4.42 Å². The van der Waals surface area contributed by atoms with E-state index in [0.29, 0.717) is 29.6 Å². The Kier molecular flexibility index (Phi) is 4.41. The van der Waals surface area contributed by atoms with Gasteiger partial charge in [0.05, 0.1) is 6.54 Å². The molecule has 3 aromatic heterocycles. The number of hydrogen-bond donors (Lipinski definition) is 1. The molecule has 0 aliphatic carbocycles. The number of rotatable bonds is 3. The summed E-state index contributed by atoms with van der Waals surface area (Å²) in [5, 5.41) is 3.38. The molecule has 1 aromatic carbocycles. The first-order chi connectivity index (χ1) is 14.1. The van der Waals surface area contributed by atoms with Gasteiger partial charge in [0.25, 0.3) is 5.56 Å². The van der Waals surface area contributed by atoms with E-state index in [1.807, 2.05) is 24.3 Å². The van der Waals surface area contributed by atoms with E-state index in [1.165, 1.54) is 22.7 Å². The number of benzene rings is 1. The zero-order valence-corrected chi connectivity index (χ0v) is 16.1. The summed E-state index contributed by atoms with van der Waals surface area (Å²) in [6, 6.07) is 12.5. The second-order valence-corrected chi connectivity index (χ2v) is 7.54. The molecular formula is C22H21FN4O2. The van der Waals surface area contributed by atoms with Crippen LogP contribution in [0.1, 0.15) is 12.8 Å². The van der Waals surface area contributed by atoms with Crippen molar-refractivity contribution < 1.29 is 8.81 Å². The summed E-state index contributed by atoms with van der Waals surface area (Å²) in [5.41, 5.74) is 3.48. The minimum atomic E-state index is -0.443. The lowest BCUT2D eigenvalue weighted by Crippen LogP contribution is -2.49. The van der Waals surface area contributed by atoms with Crippen LogP contribution in [0.5, 0.6) is 0 Å². The van der Waals surface area contributed by atoms with Gasteiger partial charge >= 0.3 is 0 Å². The average molecular weight is 392 g/mol. The molecule has 4 heterocycles. The molecule has 1 aliphatic heterocycles. The van der Waals surface area contributed by atoms with Gasteiger partial charge < -0.3 is 9.73 Å². The first kappa shape index (κ1) is 18.0. The molecule has 0 amide bonds. The Morgan fingerprint density at radius 3 is 2.97 bits per heavy atom. The van der Waals surface area contributed by atoms with Crippen molar-refractivity contribution >= 4 is 16.6 Å². The van der Waals surface area contributed by atoms with Crippen molar-refractivity contribution in [1.82, 2.24) is 19.6 Å². The van der Waals surface area contributed by atoms with Crippen LogP contribution in [0, 0.1) is 5.82 Å². The third kappa shape index (κ3) is 3.43. The number of pyridine rings is 2. The highest BCUT2D eigenvalue weighted by Gasteiger charge is 2.20. The Morgan fingerprint density at radius 1 is 1.21 bits per heavy atom. The molecule has 29 heavy (non-hydrogen) atoms. The van der Waals surface area contributed by atoms with Crippen LogP contribution < -0.4 is 10.9 Å². The molecule has 1 saturated heterocycles. The normalized spacial score (nSPS) is 17.9. The molecule has 4 aromatic rings. The highest BCUT2D eigenvalue weighted by molar-refractivity contribution is 5.81. The molecule has 7 heteroatoms. The summed E-state index contributed by atoms with van der Waals surface area (Å²) in [7, 11) is 0. The summed E-state index contributed by atoms with van der Waals surface area (Å²) in [4.78, 5) is 19.4. The Hall–Kier alpha value is -3.03. The fraction of sp³-hybridized carbons (Fsp3) is 0.273. The monoisotopic (exact) mass is 392 g/mol. The molecule has 148 valence electrons. The summed E-state index contributed by atoms with van der Waals surface area (Å²) >= 11 is 0. The zero-order valence-electron chi connectivity index (χ0n) is 16.1. The summed E-state index contributed by atoms with van der Waals surface area (Å²) in [5.74, 6) is 0.252. The average Bonchev–Trinajstić information content (AvgIpc) is 3.11. The predicted octanol–water partition coefficient (Wildman–Crippen LogP) is 3.04. The zero-order chi connectivity index (χ0) is 20.0. The maximum absolute atomic E-state index is 13.4. The highest BCUT2D eigenvalue weighted by atomic mass is 19.1. The standard InChI is InChI=1S/C22H21FN4O2/c1-14-11-24-6-7-26(14)13-21-25-19-5-2-15(9-20(19)29-21)16-8-18-4-3-17(23)12-27(18)22(28)10-16/h2-5,8-10,12,14,24H,6-7,11,13H2,1H3/t14-/m0/s1. The fourth-order valence-electron chi connectivity index (χ4n) is 3.88. The minimum Gasteiger partial charge on any atom is -0.439 e. The Labute approximate surface area is 166 Å². The van der Waals surface area contributed by atoms with Crippen LogP contribution in [-0.2, 0) is 6.54 Å². The van der Waals surface area contributed by atoms with Crippen molar-refractivity contribution in [3.63, 3.8) is 0 Å². The van der Waals surface area contributed by atoms with Crippen LogP contribution in [0.4, 0.5) is 4.39 Å². The van der Waals surface area contributed by atoms with Crippen LogP contribution in [0.2, 0.25) is 0 Å². The Morgan fingerprint density at radius 2 is 2.10 bits per heavy atom. The van der Waals surface area contributed by atoms with Crippen molar-refractivity contribution in [3.8, 4) is 11.1 Å². The molecule has 0 radical (unpaired) electrons. The Balaban J connectivity index is 1.49. The molecule has 0 bridgehead atoms. The molecular weight excluding hydrogens is 371 g/mol. The fourth-order valence-corrected chi connectivity index (χ4v) is 3.88. The molecule has 1 fully saturated rings. The number of nitrogens with zero attached hydrogens (tertiary/aromatic N) is 3. The van der Waals surface area contributed by atoms with Crippen LogP contribution in [0.3, 0.4) is 0 Å². The van der Waals surface area contributed by atoms with Gasteiger partial charge in [-0.05, 0) is 48.4 Å². The lowest BCUT2D eigenvalue weighted by Gasteiger charge is -2.32. The first-order valence-corrected chi connectivity index (χ1v) is 9.73. The van der Waals surface area contributed by atoms with E-state index in [9.17, 15) is 9.18 Å². The van der Waals surface area contributed by atoms with Gasteiger partial charge in [0.1, 0.15) is 11.3 Å². The number of piperazine rings is 1. The van der Waals surface area contributed by atoms with Gasteiger partial charge in [0.15, 0.2) is 5.58 Å². The minimum absolute atomic E-state index is 0.275. The number of hydrogen-bond acceptors (Lipinski definition) is 5. The van der Waals surface area contributed by atoms with Crippen LogP contribution in [-0.4, -0.2) is 40.0 Å². The number of aromatic nitrogens is 2. The van der Waals surface area contributed by atoms with Crippen LogP contribution >= 0.6 is 0 Å². The van der Waals surface area contributed by atoms with Crippen LogP contribution in [0.25, 0.3) is 27.7 Å². The third-order valence-electron chi connectivity index (χ3n) is 5.51. The number of fused-ring (bicyclic) bond motifs is 2. The van der Waals surface area contributed by atoms with E-state index in [1.54, 1.807) is 6.07 Å². The molecule has 1 N–H and O–H groups in total. The SMILES string of the molecule is C[C@H]1CNCCN1Cc1nc2ccc(-c3cc(=O)n4cc(F)ccc4c3)cc2o1. The van der Waals surface area contributed by atoms with Gasteiger partial charge in [-0.2, -0.15) is 0 Å². The molecule has 1 atom stereocenters. The lowest BCUT2D eigenvalue weighted by atomic mass is 10.1. The van der Waals surface area contributed by atoms with Crippen molar-refractivity contribution in [3.05, 3.63) is 70.7 Å². The molecule has 1 aliphatic rings. The topological polar surface area (TPSA) is 62.8 Å². The third-order valence-corrected chi connectivity index (χ3v) is 5.51. The molecule has 0 saturated carbocycles. The maximum atomic E-state index is 13.4. The number of halogens is 1. The summed E-state index contributed by atoms with van der Waals surface area (Å²) in [6.45, 7) is 5.77. The first-order valence-electron chi connectivity index (χ1n) is 9.73. The van der Waals surface area contributed by atoms with E-state index < -0.39 is 5.82 Å². The lowest BCUT2D eigenvalue weighted by molar-refractivity contribution is 0.152. The molecule has 0 unspecified atom stereocenters. The van der Waals surface area contributed by atoms with Crippen LogP contribution in [0.15, 0.2) is 57.9 Å². The number of nitrogens with one attached hydrogen (secondary N) is 1. The predicted molar refractivity (Wildman–Crippen MR) is 109 cm³/mol. The second-order valence-electron chi connectivity index (χ2n) is 7.54. The van der Waals surface area contributed by atoms with Crippen molar-refractivity contribution in [2.75, 3.05) is 19.6 Å². The van der Waals surface area contributed by atoms with Crippen molar-refractivity contribution in [2.24, 2.45) is 0 Å². The van der Waals surface area contributed by atoms with Gasteiger partial charge in [0, 0.05) is 43.5 Å². The van der Waals surface area contributed by atoms with Crippen molar-refractivity contribution in [1.29, 1.82) is 0 Å². The van der Waals surface area contributed by atoms with Gasteiger partial charge in [-0.15, -0.1) is 0 Å².